The van der Waals surface area contributed by atoms with Crippen molar-refractivity contribution in [1.29, 1.82) is 0 Å². The van der Waals surface area contributed by atoms with E-state index >= 15 is 0 Å². The second-order valence-electron chi connectivity index (χ2n) is 4.21. The third kappa shape index (κ3) is 2.80. The van der Waals surface area contributed by atoms with Crippen molar-refractivity contribution in [2.75, 3.05) is 6.54 Å². The fourth-order valence-corrected chi connectivity index (χ4v) is 3.62. The van der Waals surface area contributed by atoms with Gasteiger partial charge >= 0.3 is 0 Å². The van der Waals surface area contributed by atoms with Crippen molar-refractivity contribution < 1.29 is 0 Å². The van der Waals surface area contributed by atoms with Crippen LogP contribution in [0.1, 0.15) is 22.9 Å². The normalized spacial score (nSPS) is 12.9. The maximum atomic E-state index is 4.69. The molecule has 6 heteroatoms. The molecule has 0 saturated carbocycles. The maximum Gasteiger partial charge on any atom is 0.0957 e. The first kappa shape index (κ1) is 12.7. The predicted molar refractivity (Wildman–Crippen MR) is 79.7 cm³/mol. The molecule has 1 aromatic carbocycles. The molecular weight excluding hydrogens is 276 g/mol. The van der Waals surface area contributed by atoms with Crippen LogP contribution in [0, 0.1) is 0 Å². The first-order valence-corrected chi connectivity index (χ1v) is 7.81. The van der Waals surface area contributed by atoms with Crippen LogP contribution in [0.2, 0.25) is 0 Å². The number of aromatic nitrogens is 3. The summed E-state index contributed by atoms with van der Waals surface area (Å²) in [5, 5.41) is 8.55. The van der Waals surface area contributed by atoms with Crippen molar-refractivity contribution in [2.24, 2.45) is 0 Å². The summed E-state index contributed by atoms with van der Waals surface area (Å²) in [6.07, 6.45) is 2.72. The van der Waals surface area contributed by atoms with Gasteiger partial charge < -0.3 is 5.32 Å². The largest absolute Gasteiger partial charge is 0.309 e. The molecule has 1 unspecified atom stereocenters. The van der Waals surface area contributed by atoms with E-state index in [-0.39, 0.29) is 6.04 Å². The van der Waals surface area contributed by atoms with Crippen molar-refractivity contribution in [3.05, 3.63) is 40.3 Å². The lowest BCUT2D eigenvalue weighted by atomic mass is 10.2. The van der Waals surface area contributed by atoms with E-state index < -0.39 is 0 Å². The number of para-hydroxylation sites is 1. The molecule has 98 valence electrons. The first-order chi connectivity index (χ1) is 9.36. The van der Waals surface area contributed by atoms with Crippen LogP contribution in [0.15, 0.2) is 30.5 Å². The Morgan fingerprint density at radius 2 is 2.21 bits per heavy atom. The number of rotatable bonds is 5. The van der Waals surface area contributed by atoms with E-state index in [4.69, 9.17) is 0 Å². The predicted octanol–water partition coefficient (Wildman–Crippen LogP) is 3.04. The maximum absolute atomic E-state index is 4.69. The Kier molecular flexibility index (Phi) is 3.82. The molecule has 0 fully saturated rings. The number of hydrogen-bond acceptors (Lipinski definition) is 6. The Morgan fingerprint density at radius 3 is 2.95 bits per heavy atom. The first-order valence-electron chi connectivity index (χ1n) is 6.22. The van der Waals surface area contributed by atoms with Crippen LogP contribution in [0.3, 0.4) is 0 Å². The summed E-state index contributed by atoms with van der Waals surface area (Å²) < 4.78 is 5.19. The minimum absolute atomic E-state index is 0.255. The summed E-state index contributed by atoms with van der Waals surface area (Å²) in [6.45, 7) is 3.03. The average Bonchev–Trinajstić information content (AvgIpc) is 3.07. The van der Waals surface area contributed by atoms with Crippen LogP contribution in [-0.2, 0) is 6.42 Å². The standard InChI is InChI=1S/C13H14N4S2/c1-2-14-10(12-8-15-17-19-12)7-13-16-9-5-3-4-6-11(9)18-13/h3-6,8,10,14H,2,7H2,1H3. The van der Waals surface area contributed by atoms with Crippen molar-refractivity contribution in [3.63, 3.8) is 0 Å². The van der Waals surface area contributed by atoms with Gasteiger partial charge in [0.25, 0.3) is 0 Å². The van der Waals surface area contributed by atoms with Gasteiger partial charge in [0.05, 0.1) is 32.3 Å². The van der Waals surface area contributed by atoms with Gasteiger partial charge in [0.15, 0.2) is 0 Å². The molecule has 19 heavy (non-hydrogen) atoms. The molecule has 0 spiro atoms. The Labute approximate surface area is 119 Å². The summed E-state index contributed by atoms with van der Waals surface area (Å²) in [5.41, 5.74) is 1.08. The van der Waals surface area contributed by atoms with Gasteiger partial charge in [-0.25, -0.2) is 4.98 Å². The van der Waals surface area contributed by atoms with E-state index in [1.165, 1.54) is 21.1 Å². The topological polar surface area (TPSA) is 50.7 Å². The summed E-state index contributed by atoms with van der Waals surface area (Å²) in [6, 6.07) is 8.52. The van der Waals surface area contributed by atoms with Crippen LogP contribution in [0.5, 0.6) is 0 Å². The summed E-state index contributed by atoms with van der Waals surface area (Å²) >= 11 is 3.21. The molecule has 2 heterocycles. The zero-order valence-corrected chi connectivity index (χ0v) is 12.2. The number of hydrogen-bond donors (Lipinski definition) is 1. The molecule has 0 aliphatic heterocycles. The molecule has 3 rings (SSSR count). The molecule has 1 N–H and O–H groups in total. The van der Waals surface area contributed by atoms with E-state index in [1.807, 2.05) is 12.3 Å². The minimum Gasteiger partial charge on any atom is -0.309 e. The number of nitrogens with one attached hydrogen (secondary N) is 1. The average molecular weight is 290 g/mol. The van der Waals surface area contributed by atoms with E-state index in [2.05, 4.69) is 45.0 Å². The second-order valence-corrected chi connectivity index (χ2v) is 6.14. The third-order valence-electron chi connectivity index (χ3n) is 2.89. The lowest BCUT2D eigenvalue weighted by Crippen LogP contribution is -2.22. The van der Waals surface area contributed by atoms with Gasteiger partial charge in [-0.15, -0.1) is 16.4 Å². The number of fused-ring (bicyclic) bond motifs is 1. The third-order valence-corrected chi connectivity index (χ3v) is 4.72. The molecule has 0 bridgehead atoms. The van der Waals surface area contributed by atoms with Crippen LogP contribution in [-0.4, -0.2) is 21.1 Å². The van der Waals surface area contributed by atoms with Gasteiger partial charge in [-0.1, -0.05) is 23.5 Å². The highest BCUT2D eigenvalue weighted by Crippen LogP contribution is 2.26. The lowest BCUT2D eigenvalue weighted by Gasteiger charge is -2.13. The fraction of sp³-hybridized carbons (Fsp3) is 0.308. The van der Waals surface area contributed by atoms with E-state index in [9.17, 15) is 0 Å². The SMILES string of the molecule is CCNC(Cc1nc2ccccc2s1)c1cnns1. The van der Waals surface area contributed by atoms with Gasteiger partial charge in [-0.3, -0.25) is 0 Å². The highest BCUT2D eigenvalue weighted by Gasteiger charge is 2.16. The molecular formula is C13H14N4S2. The van der Waals surface area contributed by atoms with E-state index in [0.29, 0.717) is 0 Å². The van der Waals surface area contributed by atoms with Gasteiger partial charge in [0.2, 0.25) is 0 Å². The lowest BCUT2D eigenvalue weighted by molar-refractivity contribution is 0.556. The highest BCUT2D eigenvalue weighted by molar-refractivity contribution is 7.18. The summed E-state index contributed by atoms with van der Waals surface area (Å²) in [7, 11) is 0. The van der Waals surface area contributed by atoms with Crippen molar-refractivity contribution in [1.82, 2.24) is 19.9 Å². The van der Waals surface area contributed by atoms with Gasteiger partial charge in [0.1, 0.15) is 0 Å². The molecule has 4 nitrogen and oxygen atoms in total. The zero-order valence-electron chi connectivity index (χ0n) is 10.5. The Bertz CT molecular complexity index is 615. The van der Waals surface area contributed by atoms with Crippen LogP contribution >= 0.6 is 22.9 Å². The number of benzene rings is 1. The second kappa shape index (κ2) is 5.73. The Balaban J connectivity index is 1.85. The molecule has 2 aromatic heterocycles. The van der Waals surface area contributed by atoms with E-state index in [1.54, 1.807) is 11.3 Å². The van der Waals surface area contributed by atoms with Crippen LogP contribution in [0.25, 0.3) is 10.2 Å². The number of thiazole rings is 1. The minimum atomic E-state index is 0.255. The van der Waals surface area contributed by atoms with Gasteiger partial charge in [-0.2, -0.15) is 0 Å². The van der Waals surface area contributed by atoms with Crippen molar-refractivity contribution >= 4 is 33.1 Å². The van der Waals surface area contributed by atoms with Crippen molar-refractivity contribution in [2.45, 2.75) is 19.4 Å². The molecule has 3 aromatic rings. The van der Waals surface area contributed by atoms with Crippen molar-refractivity contribution in [3.8, 4) is 0 Å². The zero-order chi connectivity index (χ0) is 13.1. The summed E-state index contributed by atoms with van der Waals surface area (Å²) in [4.78, 5) is 5.85. The molecule has 0 radical (unpaired) electrons. The summed E-state index contributed by atoms with van der Waals surface area (Å²) in [5.74, 6) is 0. The van der Waals surface area contributed by atoms with Crippen LogP contribution < -0.4 is 5.32 Å². The molecule has 0 aliphatic carbocycles. The quantitative estimate of drug-likeness (QED) is 0.784. The smallest absolute Gasteiger partial charge is 0.0957 e. The monoisotopic (exact) mass is 290 g/mol. The van der Waals surface area contributed by atoms with Crippen LogP contribution in [0.4, 0.5) is 0 Å². The highest BCUT2D eigenvalue weighted by atomic mass is 32.1. The Hall–Kier alpha value is -1.37. The molecule has 0 amide bonds. The molecule has 1 atom stereocenters. The van der Waals surface area contributed by atoms with Gasteiger partial charge in [-0.05, 0) is 30.2 Å². The fourth-order valence-electron chi connectivity index (χ4n) is 2.03. The van der Waals surface area contributed by atoms with Gasteiger partial charge in [0, 0.05) is 6.42 Å². The molecule has 0 saturated heterocycles. The Morgan fingerprint density at radius 1 is 1.32 bits per heavy atom. The number of nitrogens with zero attached hydrogens (tertiary/aromatic N) is 3. The number of likely N-dealkylation sites (N-methyl/N-ethyl adjacent to an activating group) is 1. The molecule has 0 aliphatic rings. The van der Waals surface area contributed by atoms with E-state index in [0.717, 1.165) is 23.5 Å².